The fraction of sp³-hybridized carbons (Fsp3) is 0.778. The Morgan fingerprint density at radius 3 is 2.35 bits per heavy atom. The molecule has 0 spiro atoms. The number of hydrogen-bond acceptors (Lipinski definition) is 5. The van der Waals surface area contributed by atoms with Crippen LogP contribution >= 0.6 is 0 Å². The van der Waals surface area contributed by atoms with Crippen LogP contribution in [0.15, 0.2) is 6.07 Å². The van der Waals surface area contributed by atoms with Gasteiger partial charge in [-0.05, 0) is 31.6 Å². The Labute approximate surface area is 153 Å². The van der Waals surface area contributed by atoms with Crippen molar-refractivity contribution in [3.63, 3.8) is 0 Å². The van der Waals surface area contributed by atoms with E-state index in [1.807, 2.05) is 0 Å². The summed E-state index contributed by atoms with van der Waals surface area (Å²) in [5.74, 6) is 1.15. The lowest BCUT2D eigenvalue weighted by Gasteiger charge is -2.34. The first kappa shape index (κ1) is 19.2. The van der Waals surface area contributed by atoms with E-state index in [0.717, 1.165) is 44.5 Å². The third-order valence-electron chi connectivity index (χ3n) is 5.37. The number of alkyl halides is 3. The molecule has 0 aromatic carbocycles. The number of likely N-dealkylation sites (tertiary alicyclic amines) is 1. The smallest absolute Gasteiger partial charge is 0.363 e. The first-order valence-corrected chi connectivity index (χ1v) is 9.44. The van der Waals surface area contributed by atoms with E-state index in [4.69, 9.17) is 0 Å². The predicted octanol–water partition coefficient (Wildman–Crippen LogP) is 3.63. The number of anilines is 2. The Bertz CT molecular complexity index is 591. The van der Waals surface area contributed by atoms with Crippen LogP contribution in [0.25, 0.3) is 0 Å². The maximum Gasteiger partial charge on any atom is 0.433 e. The number of halogens is 3. The van der Waals surface area contributed by atoms with Crippen LogP contribution in [0.1, 0.15) is 44.2 Å². The molecule has 8 heteroatoms. The van der Waals surface area contributed by atoms with Gasteiger partial charge in [-0.2, -0.15) is 18.2 Å². The summed E-state index contributed by atoms with van der Waals surface area (Å²) in [5, 5.41) is 3.13. The molecule has 1 aliphatic carbocycles. The van der Waals surface area contributed by atoms with E-state index in [-0.39, 0.29) is 17.8 Å². The SMILES string of the molecule is CN(C)c1cc(C(F)(F)F)nc(NC2CCN(CC3CCCC3)CC2)n1. The van der Waals surface area contributed by atoms with Crippen molar-refractivity contribution in [1.82, 2.24) is 14.9 Å². The van der Waals surface area contributed by atoms with E-state index in [9.17, 15) is 13.2 Å². The molecule has 1 saturated heterocycles. The zero-order valence-corrected chi connectivity index (χ0v) is 15.5. The average Bonchev–Trinajstić information content (AvgIpc) is 3.08. The van der Waals surface area contributed by atoms with Crippen LogP contribution in [0.4, 0.5) is 24.9 Å². The fourth-order valence-electron chi connectivity index (χ4n) is 3.87. The number of piperidine rings is 1. The number of hydrogen-bond donors (Lipinski definition) is 1. The molecule has 1 aromatic heterocycles. The van der Waals surface area contributed by atoms with Crippen molar-refractivity contribution in [2.24, 2.45) is 5.92 Å². The Morgan fingerprint density at radius 1 is 1.12 bits per heavy atom. The molecule has 2 fully saturated rings. The maximum atomic E-state index is 13.1. The highest BCUT2D eigenvalue weighted by Crippen LogP contribution is 2.31. The first-order valence-electron chi connectivity index (χ1n) is 9.44. The van der Waals surface area contributed by atoms with Crippen LogP contribution in [0.3, 0.4) is 0 Å². The van der Waals surface area contributed by atoms with Crippen molar-refractivity contribution >= 4 is 11.8 Å². The van der Waals surface area contributed by atoms with Crippen LogP contribution in [0.2, 0.25) is 0 Å². The predicted molar refractivity (Wildman–Crippen MR) is 96.4 cm³/mol. The lowest BCUT2D eigenvalue weighted by Crippen LogP contribution is -2.41. The van der Waals surface area contributed by atoms with E-state index in [0.29, 0.717) is 0 Å². The average molecular weight is 371 g/mol. The minimum atomic E-state index is -4.48. The van der Waals surface area contributed by atoms with E-state index in [1.54, 1.807) is 19.0 Å². The molecule has 1 saturated carbocycles. The second-order valence-electron chi connectivity index (χ2n) is 7.70. The summed E-state index contributed by atoms with van der Waals surface area (Å²) in [6, 6.07) is 1.10. The molecule has 0 unspecified atom stereocenters. The highest BCUT2D eigenvalue weighted by molar-refractivity contribution is 5.44. The number of rotatable bonds is 5. The molecule has 1 N–H and O–H groups in total. The Hall–Kier alpha value is -1.57. The molecule has 146 valence electrons. The second-order valence-corrected chi connectivity index (χ2v) is 7.70. The van der Waals surface area contributed by atoms with Gasteiger partial charge in [0.05, 0.1) is 0 Å². The Morgan fingerprint density at radius 2 is 1.77 bits per heavy atom. The lowest BCUT2D eigenvalue weighted by molar-refractivity contribution is -0.141. The number of nitrogens with zero attached hydrogens (tertiary/aromatic N) is 4. The molecule has 2 heterocycles. The molecular formula is C18H28F3N5. The molecular weight excluding hydrogens is 343 g/mol. The molecule has 0 amide bonds. The van der Waals surface area contributed by atoms with Gasteiger partial charge in [0, 0.05) is 45.8 Å². The summed E-state index contributed by atoms with van der Waals surface area (Å²) >= 11 is 0. The second kappa shape index (κ2) is 7.98. The molecule has 0 bridgehead atoms. The van der Waals surface area contributed by atoms with Gasteiger partial charge in [-0.3, -0.25) is 0 Å². The molecule has 0 radical (unpaired) electrons. The molecule has 1 aliphatic heterocycles. The largest absolute Gasteiger partial charge is 0.433 e. The summed E-state index contributed by atoms with van der Waals surface area (Å²) < 4.78 is 39.3. The van der Waals surface area contributed by atoms with E-state index < -0.39 is 11.9 Å². The van der Waals surface area contributed by atoms with E-state index in [2.05, 4.69) is 20.2 Å². The summed E-state index contributed by atoms with van der Waals surface area (Å²) in [7, 11) is 3.35. The van der Waals surface area contributed by atoms with Gasteiger partial charge < -0.3 is 15.1 Å². The molecule has 0 atom stereocenters. The minimum Gasteiger partial charge on any atom is -0.363 e. The van der Waals surface area contributed by atoms with Gasteiger partial charge in [-0.1, -0.05) is 12.8 Å². The van der Waals surface area contributed by atoms with E-state index >= 15 is 0 Å². The summed E-state index contributed by atoms with van der Waals surface area (Å²) in [6.45, 7) is 3.12. The van der Waals surface area contributed by atoms with Crippen LogP contribution in [0.5, 0.6) is 0 Å². The minimum absolute atomic E-state index is 0.0674. The molecule has 3 rings (SSSR count). The van der Waals surface area contributed by atoms with Crippen molar-refractivity contribution < 1.29 is 13.2 Å². The number of aromatic nitrogens is 2. The van der Waals surface area contributed by atoms with Crippen LogP contribution < -0.4 is 10.2 Å². The van der Waals surface area contributed by atoms with Gasteiger partial charge in [-0.25, -0.2) is 4.98 Å². The van der Waals surface area contributed by atoms with Crippen molar-refractivity contribution in [3.8, 4) is 0 Å². The fourth-order valence-corrected chi connectivity index (χ4v) is 3.87. The topological polar surface area (TPSA) is 44.3 Å². The van der Waals surface area contributed by atoms with Gasteiger partial charge >= 0.3 is 6.18 Å². The van der Waals surface area contributed by atoms with E-state index in [1.165, 1.54) is 25.7 Å². The zero-order chi connectivity index (χ0) is 18.7. The lowest BCUT2D eigenvalue weighted by atomic mass is 10.0. The van der Waals surface area contributed by atoms with Crippen molar-refractivity contribution in [1.29, 1.82) is 0 Å². The van der Waals surface area contributed by atoms with Crippen LogP contribution in [-0.2, 0) is 6.18 Å². The van der Waals surface area contributed by atoms with Crippen molar-refractivity contribution in [2.75, 3.05) is 43.9 Å². The quantitative estimate of drug-likeness (QED) is 0.856. The van der Waals surface area contributed by atoms with Gasteiger partial charge in [-0.15, -0.1) is 0 Å². The van der Waals surface area contributed by atoms with Gasteiger partial charge in [0.15, 0.2) is 5.69 Å². The summed E-state index contributed by atoms with van der Waals surface area (Å²) in [6.07, 6.45) is 2.71. The third-order valence-corrected chi connectivity index (χ3v) is 5.37. The standard InChI is InChI=1S/C18H28F3N5/c1-25(2)16-11-15(18(19,20)21)23-17(24-16)22-14-7-9-26(10-8-14)12-13-5-3-4-6-13/h11,13-14H,3-10,12H2,1-2H3,(H,22,23,24). The first-order chi connectivity index (χ1) is 12.3. The summed E-state index contributed by atoms with van der Waals surface area (Å²) in [4.78, 5) is 12.0. The van der Waals surface area contributed by atoms with Crippen molar-refractivity contribution in [2.45, 2.75) is 50.7 Å². The summed E-state index contributed by atoms with van der Waals surface area (Å²) in [5.41, 5.74) is -0.905. The monoisotopic (exact) mass is 371 g/mol. The zero-order valence-electron chi connectivity index (χ0n) is 15.5. The van der Waals surface area contributed by atoms with Gasteiger partial charge in [0.2, 0.25) is 5.95 Å². The maximum absolute atomic E-state index is 13.1. The normalized spacial score (nSPS) is 20.5. The van der Waals surface area contributed by atoms with Gasteiger partial charge in [0.1, 0.15) is 5.82 Å². The van der Waals surface area contributed by atoms with Crippen molar-refractivity contribution in [3.05, 3.63) is 11.8 Å². The molecule has 26 heavy (non-hydrogen) atoms. The molecule has 2 aliphatic rings. The third kappa shape index (κ3) is 4.99. The van der Waals surface area contributed by atoms with Gasteiger partial charge in [0.25, 0.3) is 0 Å². The Balaban J connectivity index is 1.59. The molecule has 1 aromatic rings. The molecule has 5 nitrogen and oxygen atoms in total. The number of nitrogens with one attached hydrogen (secondary N) is 1. The highest BCUT2D eigenvalue weighted by Gasteiger charge is 2.34. The Kier molecular flexibility index (Phi) is 5.89. The van der Waals surface area contributed by atoms with Crippen LogP contribution in [-0.4, -0.2) is 54.6 Å². The van der Waals surface area contributed by atoms with Crippen LogP contribution in [0, 0.1) is 5.92 Å². The highest BCUT2D eigenvalue weighted by atomic mass is 19.4.